The van der Waals surface area contributed by atoms with Crippen molar-refractivity contribution in [2.24, 2.45) is 0 Å². The fraction of sp³-hybridized carbons (Fsp3) is 0.111. The van der Waals surface area contributed by atoms with Crippen LogP contribution in [0.2, 0.25) is 0 Å². The Balaban J connectivity index is 2.59. The molecule has 0 spiro atoms. The zero-order valence-electron chi connectivity index (χ0n) is 12.0. The van der Waals surface area contributed by atoms with E-state index in [0.717, 1.165) is 11.1 Å². The average Bonchev–Trinajstić information content (AvgIpc) is 2.48. The van der Waals surface area contributed by atoms with Gasteiger partial charge in [-0.05, 0) is 47.4 Å². The van der Waals surface area contributed by atoms with Crippen molar-refractivity contribution in [2.45, 2.75) is 12.3 Å². The fourth-order valence-electron chi connectivity index (χ4n) is 2.43. The van der Waals surface area contributed by atoms with Gasteiger partial charge in [-0.2, -0.15) is 0 Å². The Hall–Kier alpha value is -2.88. The highest BCUT2D eigenvalue weighted by Crippen LogP contribution is 2.38. The molecule has 22 heavy (non-hydrogen) atoms. The minimum absolute atomic E-state index is 0.197. The van der Waals surface area contributed by atoms with Crippen molar-refractivity contribution in [1.29, 1.82) is 0 Å². The first-order chi connectivity index (χ1) is 10.5. The molecule has 1 atom stereocenters. The van der Waals surface area contributed by atoms with E-state index in [1.54, 1.807) is 18.2 Å². The summed E-state index contributed by atoms with van der Waals surface area (Å²) in [5.41, 5.74) is 2.25. The van der Waals surface area contributed by atoms with E-state index in [1.807, 2.05) is 0 Å². The maximum Gasteiger partial charge on any atom is 0.157 e. The van der Waals surface area contributed by atoms with Gasteiger partial charge >= 0.3 is 0 Å². The maximum absolute atomic E-state index is 9.78. The lowest BCUT2D eigenvalue weighted by Gasteiger charge is -2.19. The summed E-state index contributed by atoms with van der Waals surface area (Å²) in [7, 11) is 0. The summed E-state index contributed by atoms with van der Waals surface area (Å²) >= 11 is 0. The minimum Gasteiger partial charge on any atom is -0.504 e. The van der Waals surface area contributed by atoms with Crippen LogP contribution in [0.5, 0.6) is 23.0 Å². The van der Waals surface area contributed by atoms with Crippen LogP contribution in [0.25, 0.3) is 0 Å². The number of phenolic OH excluding ortho intramolecular Hbond substituents is 4. The third-order valence-corrected chi connectivity index (χ3v) is 3.53. The lowest BCUT2D eigenvalue weighted by atomic mass is 9.86. The van der Waals surface area contributed by atoms with E-state index in [2.05, 4.69) is 13.2 Å². The molecule has 114 valence electrons. The predicted octanol–water partition coefficient (Wildman–Crippen LogP) is 3.56. The molecule has 0 unspecified atom stereocenters. The molecule has 4 heteroatoms. The first-order valence-corrected chi connectivity index (χ1v) is 6.78. The summed E-state index contributed by atoms with van der Waals surface area (Å²) < 4.78 is 0. The zero-order valence-corrected chi connectivity index (χ0v) is 12.0. The van der Waals surface area contributed by atoms with Crippen LogP contribution in [0.1, 0.15) is 22.6 Å². The van der Waals surface area contributed by atoms with E-state index in [4.69, 9.17) is 0 Å². The number of hydrogen-bond acceptors (Lipinski definition) is 4. The topological polar surface area (TPSA) is 80.9 Å². The van der Waals surface area contributed by atoms with Crippen LogP contribution in [0.15, 0.2) is 55.6 Å². The number of phenols is 4. The van der Waals surface area contributed by atoms with Gasteiger partial charge in [-0.15, -0.1) is 13.2 Å². The molecule has 0 heterocycles. The molecule has 0 amide bonds. The lowest BCUT2D eigenvalue weighted by molar-refractivity contribution is 0.402. The smallest absolute Gasteiger partial charge is 0.157 e. The van der Waals surface area contributed by atoms with Crippen LogP contribution in [-0.2, 0) is 6.42 Å². The number of allylic oxidation sites excluding steroid dienone is 2. The standard InChI is InChI=1S/C18H18O4/c1-3-5-11-8-17(21)18(22)10-14(11)13(4-2)12-6-7-15(19)16(20)9-12/h3-4,6-10,13,19-22H,1-2,5H2/t13-/m0/s1. The molecule has 0 fully saturated rings. The van der Waals surface area contributed by atoms with E-state index in [9.17, 15) is 20.4 Å². The Labute approximate surface area is 128 Å². The van der Waals surface area contributed by atoms with Crippen LogP contribution in [0.4, 0.5) is 0 Å². The van der Waals surface area contributed by atoms with Gasteiger partial charge in [0, 0.05) is 5.92 Å². The van der Waals surface area contributed by atoms with E-state index in [-0.39, 0.29) is 28.9 Å². The molecular weight excluding hydrogens is 280 g/mol. The highest BCUT2D eigenvalue weighted by molar-refractivity contribution is 5.53. The van der Waals surface area contributed by atoms with Crippen LogP contribution < -0.4 is 0 Å². The molecule has 0 aliphatic rings. The molecule has 0 saturated heterocycles. The second-order valence-corrected chi connectivity index (χ2v) is 4.99. The second-order valence-electron chi connectivity index (χ2n) is 4.99. The molecule has 2 aromatic rings. The van der Waals surface area contributed by atoms with Crippen molar-refractivity contribution in [3.63, 3.8) is 0 Å². The summed E-state index contributed by atoms with van der Waals surface area (Å²) in [6, 6.07) is 7.48. The SMILES string of the molecule is C=CCc1cc(O)c(O)cc1[C@@H](C=C)c1ccc(O)c(O)c1. The van der Waals surface area contributed by atoms with Crippen LogP contribution in [0, 0.1) is 0 Å². The quantitative estimate of drug-likeness (QED) is 0.502. The molecule has 0 aromatic heterocycles. The van der Waals surface area contributed by atoms with Crippen molar-refractivity contribution in [3.05, 3.63) is 72.3 Å². The molecule has 2 aromatic carbocycles. The average molecular weight is 298 g/mol. The van der Waals surface area contributed by atoms with E-state index < -0.39 is 0 Å². The van der Waals surface area contributed by atoms with Gasteiger partial charge in [-0.1, -0.05) is 18.2 Å². The van der Waals surface area contributed by atoms with Gasteiger partial charge in [0.2, 0.25) is 0 Å². The van der Waals surface area contributed by atoms with Crippen molar-refractivity contribution < 1.29 is 20.4 Å². The molecule has 2 rings (SSSR count). The number of hydrogen-bond donors (Lipinski definition) is 4. The first kappa shape index (κ1) is 15.5. The monoisotopic (exact) mass is 298 g/mol. The summed E-state index contributed by atoms with van der Waals surface area (Å²) in [5, 5.41) is 38.6. The van der Waals surface area contributed by atoms with Gasteiger partial charge in [0.1, 0.15) is 0 Å². The Kier molecular flexibility index (Phi) is 4.41. The van der Waals surface area contributed by atoms with Gasteiger partial charge in [0.15, 0.2) is 23.0 Å². The maximum atomic E-state index is 9.78. The molecular formula is C18H18O4. The number of aromatic hydroxyl groups is 4. The van der Waals surface area contributed by atoms with E-state index in [1.165, 1.54) is 24.3 Å². The second kappa shape index (κ2) is 6.26. The molecule has 0 aliphatic carbocycles. The van der Waals surface area contributed by atoms with Crippen LogP contribution in [0.3, 0.4) is 0 Å². The van der Waals surface area contributed by atoms with E-state index in [0.29, 0.717) is 12.0 Å². The summed E-state index contributed by atoms with van der Waals surface area (Å²) in [4.78, 5) is 0. The van der Waals surface area contributed by atoms with Gasteiger partial charge in [0.05, 0.1) is 0 Å². The van der Waals surface area contributed by atoms with Crippen LogP contribution >= 0.6 is 0 Å². The Morgan fingerprint density at radius 3 is 2.09 bits per heavy atom. The predicted molar refractivity (Wildman–Crippen MR) is 85.5 cm³/mol. The summed E-state index contributed by atoms with van der Waals surface area (Å²) in [6.45, 7) is 7.49. The van der Waals surface area contributed by atoms with E-state index >= 15 is 0 Å². The Bertz CT molecular complexity index is 719. The highest BCUT2D eigenvalue weighted by Gasteiger charge is 2.18. The summed E-state index contributed by atoms with van der Waals surface area (Å²) in [5.74, 6) is -1.16. The van der Waals surface area contributed by atoms with Gasteiger partial charge < -0.3 is 20.4 Å². The third-order valence-electron chi connectivity index (χ3n) is 3.53. The fourth-order valence-corrected chi connectivity index (χ4v) is 2.43. The number of benzene rings is 2. The lowest BCUT2D eigenvalue weighted by Crippen LogP contribution is -2.02. The van der Waals surface area contributed by atoms with Gasteiger partial charge in [0.25, 0.3) is 0 Å². The molecule has 4 N–H and O–H groups in total. The zero-order chi connectivity index (χ0) is 16.3. The summed E-state index contributed by atoms with van der Waals surface area (Å²) in [6.07, 6.45) is 3.88. The van der Waals surface area contributed by atoms with Gasteiger partial charge in [-0.3, -0.25) is 0 Å². The number of rotatable bonds is 5. The molecule has 0 bridgehead atoms. The Morgan fingerprint density at radius 1 is 0.864 bits per heavy atom. The Morgan fingerprint density at radius 2 is 1.50 bits per heavy atom. The van der Waals surface area contributed by atoms with Crippen molar-refractivity contribution in [2.75, 3.05) is 0 Å². The van der Waals surface area contributed by atoms with Crippen LogP contribution in [-0.4, -0.2) is 20.4 Å². The molecule has 0 radical (unpaired) electrons. The van der Waals surface area contributed by atoms with Crippen molar-refractivity contribution in [1.82, 2.24) is 0 Å². The first-order valence-electron chi connectivity index (χ1n) is 6.78. The van der Waals surface area contributed by atoms with Crippen molar-refractivity contribution in [3.8, 4) is 23.0 Å². The largest absolute Gasteiger partial charge is 0.504 e. The normalized spacial score (nSPS) is 11.8. The molecule has 0 aliphatic heterocycles. The minimum atomic E-state index is -0.312. The van der Waals surface area contributed by atoms with Crippen molar-refractivity contribution >= 4 is 0 Å². The third kappa shape index (κ3) is 2.91. The molecule has 4 nitrogen and oxygen atoms in total. The molecule has 0 saturated carbocycles. The van der Waals surface area contributed by atoms with Gasteiger partial charge in [-0.25, -0.2) is 0 Å². The highest BCUT2D eigenvalue weighted by atomic mass is 16.3.